The van der Waals surface area contributed by atoms with Crippen molar-refractivity contribution in [3.05, 3.63) is 30.2 Å². The molecule has 2 rings (SSSR count). The summed E-state index contributed by atoms with van der Waals surface area (Å²) in [5.41, 5.74) is 6.79. The number of aromatic nitrogens is 2. The average molecular weight is 277 g/mol. The molecule has 0 radical (unpaired) electrons. The lowest BCUT2D eigenvalue weighted by Gasteiger charge is -2.04. The van der Waals surface area contributed by atoms with Crippen LogP contribution in [0.2, 0.25) is 0 Å². The number of rotatable bonds is 7. The molecule has 1 aromatic carbocycles. The lowest BCUT2D eigenvalue weighted by atomic mass is 10.2. The van der Waals surface area contributed by atoms with Crippen LogP contribution in [0, 0.1) is 0 Å². The number of benzene rings is 1. The van der Waals surface area contributed by atoms with E-state index in [1.54, 1.807) is 7.11 Å². The molecule has 1 heterocycles. The number of hydrogen-bond donors (Lipinski definition) is 1. The molecule has 2 N–H and O–H groups in total. The van der Waals surface area contributed by atoms with Crippen LogP contribution in [0.5, 0.6) is 5.75 Å². The van der Waals surface area contributed by atoms with E-state index in [1.165, 1.54) is 0 Å². The Kier molecular flexibility index (Phi) is 5.09. The zero-order valence-electron chi connectivity index (χ0n) is 11.7. The molecule has 0 amide bonds. The van der Waals surface area contributed by atoms with Crippen molar-refractivity contribution in [2.75, 3.05) is 20.3 Å². The summed E-state index contributed by atoms with van der Waals surface area (Å²) in [5.74, 6) is 1.70. The summed E-state index contributed by atoms with van der Waals surface area (Å²) in [5, 5.41) is 3.95. The van der Waals surface area contributed by atoms with Crippen molar-refractivity contribution >= 4 is 0 Å². The molecule has 0 fully saturated rings. The molecule has 0 aliphatic rings. The lowest BCUT2D eigenvalue weighted by Crippen LogP contribution is -2.12. The fraction of sp³-hybridized carbons (Fsp3) is 0.429. The van der Waals surface area contributed by atoms with Crippen molar-refractivity contribution < 1.29 is 14.0 Å². The Labute approximate surface area is 117 Å². The van der Waals surface area contributed by atoms with Crippen molar-refractivity contribution in [1.82, 2.24) is 10.1 Å². The van der Waals surface area contributed by atoms with Crippen LogP contribution in [-0.2, 0) is 4.74 Å². The van der Waals surface area contributed by atoms with Crippen LogP contribution in [0.15, 0.2) is 28.8 Å². The number of hydrogen-bond acceptors (Lipinski definition) is 6. The molecule has 2 aromatic rings. The van der Waals surface area contributed by atoms with Gasteiger partial charge in [0.05, 0.1) is 12.6 Å². The highest BCUT2D eigenvalue weighted by molar-refractivity contribution is 5.56. The van der Waals surface area contributed by atoms with Gasteiger partial charge in [-0.2, -0.15) is 4.98 Å². The molecule has 0 spiro atoms. The second-order valence-corrected chi connectivity index (χ2v) is 4.31. The van der Waals surface area contributed by atoms with Crippen LogP contribution in [0.4, 0.5) is 0 Å². The maximum Gasteiger partial charge on any atom is 0.243 e. The lowest BCUT2D eigenvalue weighted by molar-refractivity contribution is 0.182. The van der Waals surface area contributed by atoms with Crippen molar-refractivity contribution in [2.45, 2.75) is 19.4 Å². The highest BCUT2D eigenvalue weighted by Gasteiger charge is 2.15. The van der Waals surface area contributed by atoms with E-state index in [-0.39, 0.29) is 6.04 Å². The SMILES string of the molecule is CCOc1cccc(-c2noc(C(N)CCOC)n2)c1. The van der Waals surface area contributed by atoms with Gasteiger partial charge in [0, 0.05) is 19.3 Å². The molecule has 1 unspecified atom stereocenters. The second-order valence-electron chi connectivity index (χ2n) is 4.31. The maximum atomic E-state index is 5.95. The normalized spacial score (nSPS) is 12.3. The quantitative estimate of drug-likeness (QED) is 0.835. The van der Waals surface area contributed by atoms with Crippen molar-refractivity contribution in [2.24, 2.45) is 5.73 Å². The topological polar surface area (TPSA) is 83.4 Å². The van der Waals surface area contributed by atoms with Gasteiger partial charge in [0.15, 0.2) is 0 Å². The number of ether oxygens (including phenoxy) is 2. The zero-order valence-corrected chi connectivity index (χ0v) is 11.7. The van der Waals surface area contributed by atoms with Gasteiger partial charge in [0.1, 0.15) is 5.75 Å². The van der Waals surface area contributed by atoms with Crippen LogP contribution >= 0.6 is 0 Å². The molecule has 108 valence electrons. The standard InChI is InChI=1S/C14H19N3O3/c1-3-19-11-6-4-5-10(9-11)13-16-14(20-17-13)12(15)7-8-18-2/h4-6,9,12H,3,7-8,15H2,1-2H3. The van der Waals surface area contributed by atoms with E-state index in [9.17, 15) is 0 Å². The summed E-state index contributed by atoms with van der Waals surface area (Å²) in [7, 11) is 1.63. The summed E-state index contributed by atoms with van der Waals surface area (Å²) in [6, 6.07) is 7.24. The van der Waals surface area contributed by atoms with Gasteiger partial charge in [-0.25, -0.2) is 0 Å². The van der Waals surface area contributed by atoms with Crippen LogP contribution in [0.1, 0.15) is 25.3 Å². The fourth-order valence-electron chi connectivity index (χ4n) is 1.76. The predicted octanol–water partition coefficient (Wildman–Crippen LogP) is 2.17. The average Bonchev–Trinajstić information content (AvgIpc) is 2.95. The van der Waals surface area contributed by atoms with E-state index in [0.29, 0.717) is 31.3 Å². The molecule has 0 saturated carbocycles. The number of nitrogens with zero attached hydrogens (tertiary/aromatic N) is 2. The van der Waals surface area contributed by atoms with Gasteiger partial charge in [-0.1, -0.05) is 17.3 Å². The first-order chi connectivity index (χ1) is 9.74. The minimum absolute atomic E-state index is 0.314. The molecule has 6 nitrogen and oxygen atoms in total. The number of nitrogens with two attached hydrogens (primary N) is 1. The molecule has 1 atom stereocenters. The molecule has 0 aliphatic carbocycles. The first-order valence-electron chi connectivity index (χ1n) is 6.56. The smallest absolute Gasteiger partial charge is 0.243 e. The van der Waals surface area contributed by atoms with Crippen molar-refractivity contribution in [3.8, 4) is 17.1 Å². The van der Waals surface area contributed by atoms with Gasteiger partial charge in [-0.15, -0.1) is 0 Å². The highest BCUT2D eigenvalue weighted by atomic mass is 16.5. The summed E-state index contributed by atoms with van der Waals surface area (Å²) in [4.78, 5) is 4.32. The van der Waals surface area contributed by atoms with Crippen molar-refractivity contribution in [1.29, 1.82) is 0 Å². The molecular formula is C14H19N3O3. The highest BCUT2D eigenvalue weighted by Crippen LogP contribution is 2.23. The minimum Gasteiger partial charge on any atom is -0.494 e. The van der Waals surface area contributed by atoms with Crippen LogP contribution in [0.25, 0.3) is 11.4 Å². The van der Waals surface area contributed by atoms with Gasteiger partial charge < -0.3 is 19.7 Å². The molecule has 0 saturated heterocycles. The Morgan fingerprint density at radius 3 is 3.00 bits per heavy atom. The number of methoxy groups -OCH3 is 1. The van der Waals surface area contributed by atoms with E-state index < -0.39 is 0 Å². The van der Waals surface area contributed by atoms with Gasteiger partial charge in [0.25, 0.3) is 0 Å². The van der Waals surface area contributed by atoms with Crippen LogP contribution in [-0.4, -0.2) is 30.5 Å². The van der Waals surface area contributed by atoms with Crippen molar-refractivity contribution in [3.63, 3.8) is 0 Å². The Hall–Kier alpha value is -1.92. The molecule has 1 aromatic heterocycles. The van der Waals surface area contributed by atoms with Gasteiger partial charge >= 0.3 is 0 Å². The van der Waals surface area contributed by atoms with Crippen LogP contribution < -0.4 is 10.5 Å². The molecular weight excluding hydrogens is 258 g/mol. The Bertz CT molecular complexity index is 542. The van der Waals surface area contributed by atoms with Gasteiger partial charge in [-0.05, 0) is 25.5 Å². The van der Waals surface area contributed by atoms with E-state index >= 15 is 0 Å². The summed E-state index contributed by atoms with van der Waals surface area (Å²) < 4.78 is 15.6. The predicted molar refractivity (Wildman–Crippen MR) is 74.3 cm³/mol. The third-order valence-electron chi connectivity index (χ3n) is 2.80. The second kappa shape index (κ2) is 7.02. The van der Waals surface area contributed by atoms with Crippen LogP contribution in [0.3, 0.4) is 0 Å². The monoisotopic (exact) mass is 277 g/mol. The third kappa shape index (κ3) is 3.55. The van der Waals surface area contributed by atoms with E-state index in [0.717, 1.165) is 11.3 Å². The largest absolute Gasteiger partial charge is 0.494 e. The summed E-state index contributed by atoms with van der Waals surface area (Å²) in [6.45, 7) is 3.11. The van der Waals surface area contributed by atoms with Gasteiger partial charge in [0.2, 0.25) is 11.7 Å². The van der Waals surface area contributed by atoms with E-state index in [2.05, 4.69) is 10.1 Å². The van der Waals surface area contributed by atoms with E-state index in [4.69, 9.17) is 19.7 Å². The van der Waals surface area contributed by atoms with E-state index in [1.807, 2.05) is 31.2 Å². The molecule has 6 heteroatoms. The first kappa shape index (κ1) is 14.5. The maximum absolute atomic E-state index is 5.95. The third-order valence-corrected chi connectivity index (χ3v) is 2.80. The summed E-state index contributed by atoms with van der Waals surface area (Å²) >= 11 is 0. The summed E-state index contributed by atoms with van der Waals surface area (Å²) in [6.07, 6.45) is 0.636. The molecule has 0 bridgehead atoms. The molecule has 0 aliphatic heterocycles. The molecule has 20 heavy (non-hydrogen) atoms. The first-order valence-corrected chi connectivity index (χ1v) is 6.56. The Morgan fingerprint density at radius 1 is 1.40 bits per heavy atom. The Morgan fingerprint density at radius 2 is 2.25 bits per heavy atom. The van der Waals surface area contributed by atoms with Gasteiger partial charge in [-0.3, -0.25) is 0 Å². The zero-order chi connectivity index (χ0) is 14.4. The fourth-order valence-corrected chi connectivity index (χ4v) is 1.76. The minimum atomic E-state index is -0.314. The Balaban J connectivity index is 2.13.